The monoisotopic (exact) mass is 508 g/mol. The van der Waals surface area contributed by atoms with E-state index in [1.807, 2.05) is 24.3 Å². The van der Waals surface area contributed by atoms with E-state index in [2.05, 4.69) is 62.6 Å². The summed E-state index contributed by atoms with van der Waals surface area (Å²) in [5, 5.41) is 12.6. The van der Waals surface area contributed by atoms with Crippen molar-refractivity contribution < 1.29 is 9.90 Å². The highest BCUT2D eigenvalue weighted by molar-refractivity contribution is 5.75. The molecule has 1 fully saturated rings. The molecule has 1 atom stereocenters. The molecule has 3 N–H and O–H groups in total. The molecule has 5 rings (SSSR count). The zero-order chi connectivity index (χ0) is 26.3. The van der Waals surface area contributed by atoms with Crippen molar-refractivity contribution in [1.82, 2.24) is 15.2 Å². The van der Waals surface area contributed by atoms with Crippen molar-refractivity contribution in [3.8, 4) is 11.3 Å². The summed E-state index contributed by atoms with van der Waals surface area (Å²) in [4.78, 5) is 32.3. The standard InChI is InChI=1S/C31H32N4O3/c36-30-26(21-32-29(31(37)38)25-9-5-2-6-10-25)13-16-28(33-30)24-11-14-27(15-12-24)35-19-17-34(18-20-35)22-23-7-3-1-4-8-23/h1-16,29,32H,17-22H2,(H,33,36)(H,37,38)/t29-/m1/s1. The highest BCUT2D eigenvalue weighted by atomic mass is 16.4. The first kappa shape index (κ1) is 25.4. The van der Waals surface area contributed by atoms with Gasteiger partial charge in [-0.25, -0.2) is 0 Å². The average molecular weight is 509 g/mol. The van der Waals surface area contributed by atoms with Crippen LogP contribution in [0.4, 0.5) is 5.69 Å². The Bertz CT molecular complexity index is 1400. The number of nitrogens with one attached hydrogen (secondary N) is 2. The molecule has 4 aromatic rings. The number of hydrogen-bond acceptors (Lipinski definition) is 5. The van der Waals surface area contributed by atoms with E-state index in [-0.39, 0.29) is 12.1 Å². The minimum absolute atomic E-state index is 0.149. The van der Waals surface area contributed by atoms with Crippen molar-refractivity contribution in [2.24, 2.45) is 0 Å². The summed E-state index contributed by atoms with van der Waals surface area (Å²) in [6.07, 6.45) is 0. The maximum absolute atomic E-state index is 12.8. The molecule has 194 valence electrons. The molecule has 7 heteroatoms. The first-order valence-corrected chi connectivity index (χ1v) is 12.9. The van der Waals surface area contributed by atoms with Crippen LogP contribution in [0.2, 0.25) is 0 Å². The Balaban J connectivity index is 1.18. The topological polar surface area (TPSA) is 88.7 Å². The molecule has 3 aromatic carbocycles. The quantitative estimate of drug-likeness (QED) is 0.313. The summed E-state index contributed by atoms with van der Waals surface area (Å²) >= 11 is 0. The molecule has 7 nitrogen and oxygen atoms in total. The molecule has 2 heterocycles. The number of aliphatic carboxylic acids is 1. The second kappa shape index (κ2) is 11.9. The SMILES string of the molecule is O=C(O)[C@H](NCc1ccc(-c2ccc(N3CCN(Cc4ccccc4)CC3)cc2)[nH]c1=O)c1ccccc1. The number of aromatic amines is 1. The van der Waals surface area contributed by atoms with E-state index in [4.69, 9.17) is 0 Å². The molecule has 1 aromatic heterocycles. The van der Waals surface area contributed by atoms with Gasteiger partial charge in [0.05, 0.1) is 0 Å². The number of benzene rings is 3. The third-order valence-corrected chi connectivity index (χ3v) is 7.03. The fourth-order valence-electron chi connectivity index (χ4n) is 4.87. The summed E-state index contributed by atoms with van der Waals surface area (Å²) in [6.45, 7) is 5.13. The summed E-state index contributed by atoms with van der Waals surface area (Å²) in [5.74, 6) is -0.984. The van der Waals surface area contributed by atoms with E-state index >= 15 is 0 Å². The summed E-state index contributed by atoms with van der Waals surface area (Å²) in [6, 6.07) is 30.5. The van der Waals surface area contributed by atoms with Crippen LogP contribution in [-0.4, -0.2) is 47.1 Å². The van der Waals surface area contributed by atoms with Gasteiger partial charge in [0.15, 0.2) is 0 Å². The molecule has 0 amide bonds. The Labute approximate surface area is 222 Å². The van der Waals surface area contributed by atoms with Gasteiger partial charge >= 0.3 is 5.97 Å². The maximum Gasteiger partial charge on any atom is 0.325 e. The molecule has 1 saturated heterocycles. The lowest BCUT2D eigenvalue weighted by Crippen LogP contribution is -2.45. The molecule has 0 saturated carbocycles. The number of carbonyl (C=O) groups is 1. The Hall–Kier alpha value is -4.20. The first-order valence-electron chi connectivity index (χ1n) is 12.9. The molecule has 0 aliphatic carbocycles. The van der Waals surface area contributed by atoms with Gasteiger partial charge in [0.1, 0.15) is 6.04 Å². The van der Waals surface area contributed by atoms with E-state index in [0.717, 1.165) is 44.0 Å². The van der Waals surface area contributed by atoms with Crippen LogP contribution in [0.15, 0.2) is 102 Å². The number of H-pyrrole nitrogens is 1. The number of carboxylic acids is 1. The molecule has 0 radical (unpaired) electrons. The van der Waals surface area contributed by atoms with Crippen LogP contribution in [0, 0.1) is 0 Å². The van der Waals surface area contributed by atoms with Crippen LogP contribution in [0.25, 0.3) is 11.3 Å². The van der Waals surface area contributed by atoms with Crippen molar-refractivity contribution >= 4 is 11.7 Å². The van der Waals surface area contributed by atoms with Gasteiger partial charge in [-0.3, -0.25) is 19.8 Å². The van der Waals surface area contributed by atoms with Gasteiger partial charge < -0.3 is 15.0 Å². The van der Waals surface area contributed by atoms with Gasteiger partial charge in [-0.1, -0.05) is 78.9 Å². The average Bonchev–Trinajstić information content (AvgIpc) is 2.95. The van der Waals surface area contributed by atoms with Crippen LogP contribution in [0.3, 0.4) is 0 Å². The highest BCUT2D eigenvalue weighted by Gasteiger charge is 2.20. The molecule has 0 bridgehead atoms. The summed E-state index contributed by atoms with van der Waals surface area (Å²) in [5.41, 5.74) is 5.09. The largest absolute Gasteiger partial charge is 0.480 e. The maximum atomic E-state index is 12.8. The van der Waals surface area contributed by atoms with Gasteiger partial charge in [0.25, 0.3) is 5.56 Å². The first-order chi connectivity index (χ1) is 18.6. The Morgan fingerprint density at radius 2 is 1.50 bits per heavy atom. The lowest BCUT2D eigenvalue weighted by molar-refractivity contribution is -0.139. The van der Waals surface area contributed by atoms with E-state index in [0.29, 0.717) is 11.1 Å². The smallest absolute Gasteiger partial charge is 0.325 e. The van der Waals surface area contributed by atoms with Crippen LogP contribution in [0.5, 0.6) is 0 Å². The molecule has 1 aliphatic heterocycles. The summed E-state index contributed by atoms with van der Waals surface area (Å²) in [7, 11) is 0. The van der Waals surface area contributed by atoms with Crippen LogP contribution < -0.4 is 15.8 Å². The fourth-order valence-corrected chi connectivity index (χ4v) is 4.87. The third-order valence-electron chi connectivity index (χ3n) is 7.03. The minimum atomic E-state index is -0.984. The van der Waals surface area contributed by atoms with Crippen LogP contribution in [0.1, 0.15) is 22.7 Å². The van der Waals surface area contributed by atoms with Gasteiger partial charge in [0, 0.05) is 56.2 Å². The van der Waals surface area contributed by atoms with E-state index in [1.54, 1.807) is 30.3 Å². The molecule has 0 unspecified atom stereocenters. The second-order valence-electron chi connectivity index (χ2n) is 9.58. The predicted octanol–water partition coefficient (Wildman–Crippen LogP) is 4.28. The lowest BCUT2D eigenvalue weighted by Gasteiger charge is -2.36. The zero-order valence-electron chi connectivity index (χ0n) is 21.2. The van der Waals surface area contributed by atoms with Crippen molar-refractivity contribution in [2.45, 2.75) is 19.1 Å². The number of carboxylic acid groups (broad SMARTS) is 1. The normalized spacial score (nSPS) is 14.8. The molecular formula is C31H32N4O3. The van der Waals surface area contributed by atoms with Crippen molar-refractivity contribution in [3.05, 3.63) is 124 Å². The number of aromatic nitrogens is 1. The molecule has 1 aliphatic rings. The predicted molar refractivity (Wildman–Crippen MR) is 150 cm³/mol. The number of rotatable bonds is 9. The highest BCUT2D eigenvalue weighted by Crippen LogP contribution is 2.23. The summed E-state index contributed by atoms with van der Waals surface area (Å²) < 4.78 is 0. The molecule has 38 heavy (non-hydrogen) atoms. The number of anilines is 1. The van der Waals surface area contributed by atoms with Gasteiger partial charge in [-0.05, 0) is 34.9 Å². The van der Waals surface area contributed by atoms with Crippen molar-refractivity contribution in [3.63, 3.8) is 0 Å². The number of hydrogen-bond donors (Lipinski definition) is 3. The third kappa shape index (κ3) is 6.19. The Kier molecular flexibility index (Phi) is 7.97. The zero-order valence-corrected chi connectivity index (χ0v) is 21.2. The fraction of sp³-hybridized carbons (Fsp3) is 0.226. The van der Waals surface area contributed by atoms with E-state index in [9.17, 15) is 14.7 Å². The van der Waals surface area contributed by atoms with Gasteiger partial charge in [-0.2, -0.15) is 0 Å². The van der Waals surface area contributed by atoms with Crippen LogP contribution >= 0.6 is 0 Å². The van der Waals surface area contributed by atoms with Crippen molar-refractivity contribution in [1.29, 1.82) is 0 Å². The van der Waals surface area contributed by atoms with E-state index < -0.39 is 12.0 Å². The number of nitrogens with zero attached hydrogens (tertiary/aromatic N) is 2. The molecular weight excluding hydrogens is 476 g/mol. The van der Waals surface area contributed by atoms with Gasteiger partial charge in [0.2, 0.25) is 0 Å². The van der Waals surface area contributed by atoms with Crippen molar-refractivity contribution in [2.75, 3.05) is 31.1 Å². The van der Waals surface area contributed by atoms with E-state index in [1.165, 1.54) is 11.3 Å². The lowest BCUT2D eigenvalue weighted by atomic mass is 10.1. The van der Waals surface area contributed by atoms with Crippen LogP contribution in [-0.2, 0) is 17.9 Å². The Morgan fingerprint density at radius 1 is 0.842 bits per heavy atom. The molecule has 0 spiro atoms. The number of piperazine rings is 1. The van der Waals surface area contributed by atoms with Gasteiger partial charge in [-0.15, -0.1) is 0 Å². The Morgan fingerprint density at radius 3 is 2.13 bits per heavy atom. The second-order valence-corrected chi connectivity index (χ2v) is 9.58. The number of pyridine rings is 1. The minimum Gasteiger partial charge on any atom is -0.480 e.